The molecule has 1 fully saturated rings. The lowest BCUT2D eigenvalue weighted by Crippen LogP contribution is -2.52. The molecule has 1 aromatic heterocycles. The number of benzene rings is 1. The van der Waals surface area contributed by atoms with Crippen molar-refractivity contribution in [3.8, 4) is 22.8 Å². The van der Waals surface area contributed by atoms with Crippen LogP contribution in [0.3, 0.4) is 0 Å². The van der Waals surface area contributed by atoms with Crippen molar-refractivity contribution in [2.75, 3.05) is 58.4 Å². The lowest BCUT2D eigenvalue weighted by Gasteiger charge is -2.36. The molecule has 2 aromatic rings. The highest BCUT2D eigenvalue weighted by molar-refractivity contribution is 5.84. The van der Waals surface area contributed by atoms with E-state index in [9.17, 15) is 9.59 Å². The highest BCUT2D eigenvalue weighted by atomic mass is 16.5. The number of carbonyl (C=O) groups is 2. The second-order valence-electron chi connectivity index (χ2n) is 8.83. The summed E-state index contributed by atoms with van der Waals surface area (Å²) in [6, 6.07) is 9.44. The predicted octanol–water partition coefficient (Wildman–Crippen LogP) is 2.70. The highest BCUT2D eigenvalue weighted by Gasteiger charge is 2.24. The van der Waals surface area contributed by atoms with Crippen molar-refractivity contribution in [2.24, 2.45) is 5.92 Å². The number of aromatic nitrogens is 2. The fraction of sp³-hybridized carbons (Fsp3) is 0.520. The van der Waals surface area contributed by atoms with Crippen LogP contribution >= 0.6 is 0 Å². The van der Waals surface area contributed by atoms with Crippen LogP contribution < -0.4 is 14.4 Å². The number of amides is 2. The quantitative estimate of drug-likeness (QED) is 0.558. The Kier molecular flexibility index (Phi) is 8.67. The number of nitrogens with zero attached hydrogens (tertiary/aromatic N) is 5. The number of ether oxygens (including phenoxy) is 2. The van der Waals surface area contributed by atoms with E-state index in [4.69, 9.17) is 9.47 Å². The molecule has 1 aliphatic rings. The number of rotatable bonds is 9. The molecule has 0 bridgehead atoms. The normalized spacial score (nSPS) is 13.7. The SMILES string of the molecule is COc1ccc(-c2ccc(N3CCN(C(=O)CN(CCC(C)C)C(C)=O)CC3)nn2)c(OC)c1. The van der Waals surface area contributed by atoms with Gasteiger partial charge in [0.2, 0.25) is 11.8 Å². The first kappa shape index (κ1) is 25.3. The van der Waals surface area contributed by atoms with Gasteiger partial charge in [-0.05, 0) is 36.6 Å². The Bertz CT molecular complexity index is 972. The molecule has 3 rings (SSSR count). The summed E-state index contributed by atoms with van der Waals surface area (Å²) in [6.07, 6.45) is 0.887. The highest BCUT2D eigenvalue weighted by Crippen LogP contribution is 2.32. The molecule has 34 heavy (non-hydrogen) atoms. The first-order valence-electron chi connectivity index (χ1n) is 11.7. The molecule has 1 aromatic carbocycles. The molecule has 1 saturated heterocycles. The first-order chi connectivity index (χ1) is 16.3. The Morgan fingerprint density at radius 1 is 1.03 bits per heavy atom. The van der Waals surface area contributed by atoms with Gasteiger partial charge in [0.1, 0.15) is 11.5 Å². The summed E-state index contributed by atoms with van der Waals surface area (Å²) in [5, 5.41) is 8.81. The molecule has 1 aliphatic heterocycles. The number of hydrogen-bond donors (Lipinski definition) is 0. The van der Waals surface area contributed by atoms with Gasteiger partial charge in [-0.2, -0.15) is 0 Å². The van der Waals surface area contributed by atoms with E-state index in [1.165, 1.54) is 6.92 Å². The van der Waals surface area contributed by atoms with Crippen molar-refractivity contribution < 1.29 is 19.1 Å². The smallest absolute Gasteiger partial charge is 0.242 e. The molecule has 0 N–H and O–H groups in total. The zero-order valence-electron chi connectivity index (χ0n) is 20.8. The summed E-state index contributed by atoms with van der Waals surface area (Å²) >= 11 is 0. The molecule has 0 unspecified atom stereocenters. The lowest BCUT2D eigenvalue weighted by atomic mass is 10.1. The third-order valence-corrected chi connectivity index (χ3v) is 6.04. The van der Waals surface area contributed by atoms with Gasteiger partial charge in [-0.25, -0.2) is 0 Å². The van der Waals surface area contributed by atoms with Crippen LogP contribution in [0.5, 0.6) is 11.5 Å². The number of anilines is 1. The topological polar surface area (TPSA) is 88.1 Å². The van der Waals surface area contributed by atoms with Crippen LogP contribution in [0.15, 0.2) is 30.3 Å². The summed E-state index contributed by atoms with van der Waals surface area (Å²) < 4.78 is 10.7. The molecule has 184 valence electrons. The summed E-state index contributed by atoms with van der Waals surface area (Å²) in [4.78, 5) is 30.3. The van der Waals surface area contributed by atoms with Gasteiger partial charge < -0.3 is 24.2 Å². The third-order valence-electron chi connectivity index (χ3n) is 6.04. The van der Waals surface area contributed by atoms with E-state index in [1.54, 1.807) is 19.1 Å². The molecule has 0 spiro atoms. The van der Waals surface area contributed by atoms with Crippen LogP contribution in [0.4, 0.5) is 5.82 Å². The Morgan fingerprint density at radius 2 is 1.76 bits per heavy atom. The van der Waals surface area contributed by atoms with Crippen molar-refractivity contribution in [3.05, 3.63) is 30.3 Å². The van der Waals surface area contributed by atoms with Crippen LogP contribution in [-0.4, -0.2) is 85.3 Å². The average Bonchev–Trinajstić information content (AvgIpc) is 2.85. The maximum Gasteiger partial charge on any atom is 0.242 e. The molecular weight excluding hydrogens is 434 g/mol. The molecule has 2 heterocycles. The summed E-state index contributed by atoms with van der Waals surface area (Å²) in [5.41, 5.74) is 1.55. The van der Waals surface area contributed by atoms with E-state index in [2.05, 4.69) is 28.9 Å². The van der Waals surface area contributed by atoms with Crippen LogP contribution in [0.1, 0.15) is 27.2 Å². The second-order valence-corrected chi connectivity index (χ2v) is 8.83. The zero-order valence-corrected chi connectivity index (χ0v) is 20.8. The van der Waals surface area contributed by atoms with Gasteiger partial charge in [0, 0.05) is 51.3 Å². The van der Waals surface area contributed by atoms with Crippen LogP contribution in [0, 0.1) is 5.92 Å². The molecule has 2 amide bonds. The summed E-state index contributed by atoms with van der Waals surface area (Å²) in [7, 11) is 3.23. The predicted molar refractivity (Wildman–Crippen MR) is 131 cm³/mol. The number of piperazine rings is 1. The van der Waals surface area contributed by atoms with Gasteiger partial charge >= 0.3 is 0 Å². The molecular formula is C25H35N5O4. The molecule has 9 nitrogen and oxygen atoms in total. The van der Waals surface area contributed by atoms with Crippen molar-refractivity contribution in [3.63, 3.8) is 0 Å². The molecule has 0 saturated carbocycles. The van der Waals surface area contributed by atoms with Crippen molar-refractivity contribution in [1.82, 2.24) is 20.0 Å². The van der Waals surface area contributed by atoms with E-state index >= 15 is 0 Å². The summed E-state index contributed by atoms with van der Waals surface area (Å²) in [6.45, 7) is 9.00. The largest absolute Gasteiger partial charge is 0.497 e. The number of carbonyl (C=O) groups excluding carboxylic acids is 2. The first-order valence-corrected chi connectivity index (χ1v) is 11.7. The Labute approximate surface area is 201 Å². The van der Waals surface area contributed by atoms with E-state index in [0.29, 0.717) is 55.8 Å². The monoisotopic (exact) mass is 469 g/mol. The molecule has 0 radical (unpaired) electrons. The third kappa shape index (κ3) is 6.36. The van der Waals surface area contributed by atoms with Gasteiger partial charge in [0.05, 0.1) is 26.5 Å². The van der Waals surface area contributed by atoms with E-state index in [1.807, 2.05) is 35.2 Å². The standard InChI is InChI=1S/C25H35N5O4/c1-18(2)10-11-30(19(3)31)17-25(32)29-14-12-28(13-15-29)24-9-8-22(26-27-24)21-7-6-20(33-4)16-23(21)34-5/h6-9,16,18H,10-15,17H2,1-5H3. The lowest BCUT2D eigenvalue weighted by molar-refractivity contribution is -0.139. The fourth-order valence-electron chi connectivity index (χ4n) is 3.86. The minimum atomic E-state index is -0.0588. The Balaban J connectivity index is 1.58. The van der Waals surface area contributed by atoms with E-state index in [0.717, 1.165) is 17.8 Å². The Hall–Kier alpha value is -3.36. The van der Waals surface area contributed by atoms with Gasteiger partial charge in [-0.15, -0.1) is 10.2 Å². The molecule has 0 atom stereocenters. The van der Waals surface area contributed by atoms with Gasteiger partial charge in [-0.3, -0.25) is 9.59 Å². The van der Waals surface area contributed by atoms with Crippen molar-refractivity contribution in [2.45, 2.75) is 27.2 Å². The van der Waals surface area contributed by atoms with Crippen LogP contribution in [-0.2, 0) is 9.59 Å². The zero-order chi connectivity index (χ0) is 24.7. The van der Waals surface area contributed by atoms with Crippen LogP contribution in [0.25, 0.3) is 11.3 Å². The van der Waals surface area contributed by atoms with E-state index in [-0.39, 0.29) is 18.4 Å². The Morgan fingerprint density at radius 3 is 2.32 bits per heavy atom. The van der Waals surface area contributed by atoms with Gasteiger partial charge in [0.15, 0.2) is 5.82 Å². The van der Waals surface area contributed by atoms with Crippen molar-refractivity contribution in [1.29, 1.82) is 0 Å². The van der Waals surface area contributed by atoms with Crippen LogP contribution in [0.2, 0.25) is 0 Å². The van der Waals surface area contributed by atoms with Gasteiger partial charge in [-0.1, -0.05) is 13.8 Å². The minimum absolute atomic E-state index is 0.00774. The minimum Gasteiger partial charge on any atom is -0.497 e. The van der Waals surface area contributed by atoms with Gasteiger partial charge in [0.25, 0.3) is 0 Å². The maximum absolute atomic E-state index is 12.8. The molecule has 0 aliphatic carbocycles. The number of hydrogen-bond acceptors (Lipinski definition) is 7. The number of methoxy groups -OCH3 is 2. The maximum atomic E-state index is 12.8. The van der Waals surface area contributed by atoms with E-state index < -0.39 is 0 Å². The average molecular weight is 470 g/mol. The second kappa shape index (κ2) is 11.7. The molecule has 9 heteroatoms. The fourth-order valence-corrected chi connectivity index (χ4v) is 3.86. The van der Waals surface area contributed by atoms with Crippen molar-refractivity contribution >= 4 is 17.6 Å². The summed E-state index contributed by atoms with van der Waals surface area (Å²) in [5.74, 6) is 2.57.